The van der Waals surface area contributed by atoms with Gasteiger partial charge in [0.1, 0.15) is 12.4 Å². The number of hydrogen-bond donors (Lipinski definition) is 2. The molecular formula is C12H16ClFN2O2. The van der Waals surface area contributed by atoms with E-state index in [1.807, 2.05) is 6.92 Å². The van der Waals surface area contributed by atoms with Gasteiger partial charge >= 0.3 is 0 Å². The molecule has 1 atom stereocenters. The summed E-state index contributed by atoms with van der Waals surface area (Å²) >= 11 is 5.60. The Morgan fingerprint density at radius 2 is 2.33 bits per heavy atom. The number of rotatable bonds is 7. The molecule has 1 unspecified atom stereocenters. The number of nitrogens with one attached hydrogen (secondary N) is 1. The monoisotopic (exact) mass is 274 g/mol. The number of ether oxygens (including phenoxy) is 1. The Balaban J connectivity index is 2.34. The van der Waals surface area contributed by atoms with Crippen molar-refractivity contribution in [3.8, 4) is 0 Å². The molecule has 1 aromatic carbocycles. The van der Waals surface area contributed by atoms with Gasteiger partial charge in [-0.3, -0.25) is 4.79 Å². The average Bonchev–Trinajstić information content (AvgIpc) is 2.31. The van der Waals surface area contributed by atoms with Crippen molar-refractivity contribution in [2.45, 2.75) is 13.0 Å². The fourth-order valence-electron chi connectivity index (χ4n) is 1.42. The largest absolute Gasteiger partial charge is 0.370 e. The van der Waals surface area contributed by atoms with Crippen LogP contribution < -0.4 is 11.1 Å². The molecule has 6 heteroatoms. The molecule has 0 saturated carbocycles. The van der Waals surface area contributed by atoms with Crippen molar-refractivity contribution in [1.82, 2.24) is 5.32 Å². The first-order valence-electron chi connectivity index (χ1n) is 5.55. The van der Waals surface area contributed by atoms with Crippen LogP contribution >= 0.6 is 11.6 Å². The minimum absolute atomic E-state index is 0.0334. The first-order valence-corrected chi connectivity index (χ1v) is 5.93. The van der Waals surface area contributed by atoms with E-state index in [-0.39, 0.29) is 17.7 Å². The van der Waals surface area contributed by atoms with Gasteiger partial charge in [0.05, 0.1) is 11.6 Å². The van der Waals surface area contributed by atoms with Gasteiger partial charge in [-0.2, -0.15) is 0 Å². The highest BCUT2D eigenvalue weighted by Crippen LogP contribution is 2.19. The van der Waals surface area contributed by atoms with E-state index < -0.39 is 11.7 Å². The quantitative estimate of drug-likeness (QED) is 0.743. The maximum atomic E-state index is 13.2. The third-order valence-electron chi connectivity index (χ3n) is 2.38. The number of carbonyl (C=O) groups is 1. The highest BCUT2D eigenvalue weighted by molar-refractivity contribution is 6.30. The van der Waals surface area contributed by atoms with Crippen LogP contribution in [0.25, 0.3) is 0 Å². The summed E-state index contributed by atoms with van der Waals surface area (Å²) in [5, 5.41) is 3.24. The fourth-order valence-corrected chi connectivity index (χ4v) is 1.54. The summed E-state index contributed by atoms with van der Waals surface area (Å²) < 4.78 is 18.2. The lowest BCUT2D eigenvalue weighted by Gasteiger charge is -2.14. The molecule has 1 amide bonds. The van der Waals surface area contributed by atoms with Crippen LogP contribution in [-0.4, -0.2) is 25.7 Å². The molecule has 100 valence electrons. The summed E-state index contributed by atoms with van der Waals surface area (Å²) in [5.74, 6) is -0.935. The van der Waals surface area contributed by atoms with Gasteiger partial charge in [0, 0.05) is 12.6 Å². The van der Waals surface area contributed by atoms with Crippen molar-refractivity contribution in [2.24, 2.45) is 5.73 Å². The van der Waals surface area contributed by atoms with Gasteiger partial charge in [-0.25, -0.2) is 4.39 Å². The zero-order valence-corrected chi connectivity index (χ0v) is 10.8. The summed E-state index contributed by atoms with van der Waals surface area (Å²) in [7, 11) is 0. The highest BCUT2D eigenvalue weighted by Gasteiger charge is 2.07. The van der Waals surface area contributed by atoms with Crippen LogP contribution in [0.2, 0.25) is 5.02 Å². The predicted molar refractivity (Wildman–Crippen MR) is 67.8 cm³/mol. The number of hydrogen-bond acceptors (Lipinski definition) is 3. The highest BCUT2D eigenvalue weighted by atomic mass is 35.5. The third-order valence-corrected chi connectivity index (χ3v) is 2.69. The molecule has 1 aromatic rings. The van der Waals surface area contributed by atoms with E-state index in [1.165, 1.54) is 12.1 Å². The maximum Gasteiger partial charge on any atom is 0.243 e. The van der Waals surface area contributed by atoms with Crippen molar-refractivity contribution in [3.05, 3.63) is 34.6 Å². The maximum absolute atomic E-state index is 13.2. The summed E-state index contributed by atoms with van der Waals surface area (Å²) in [6, 6.07) is 4.64. The molecule has 0 spiro atoms. The van der Waals surface area contributed by atoms with E-state index in [1.54, 1.807) is 6.07 Å². The Bertz CT molecular complexity index is 415. The third kappa shape index (κ3) is 5.00. The second-order valence-electron chi connectivity index (χ2n) is 3.87. The van der Waals surface area contributed by atoms with Gasteiger partial charge in [-0.1, -0.05) is 17.7 Å². The Morgan fingerprint density at radius 3 is 2.94 bits per heavy atom. The first kappa shape index (κ1) is 14.9. The predicted octanol–water partition coefficient (Wildman–Crippen LogP) is 1.63. The van der Waals surface area contributed by atoms with Crippen molar-refractivity contribution < 1.29 is 13.9 Å². The number of benzene rings is 1. The summed E-state index contributed by atoms with van der Waals surface area (Å²) in [4.78, 5) is 10.4. The molecule has 3 N–H and O–H groups in total. The molecular weight excluding hydrogens is 259 g/mol. The lowest BCUT2D eigenvalue weighted by Crippen LogP contribution is -2.26. The molecule has 0 aliphatic heterocycles. The zero-order valence-electron chi connectivity index (χ0n) is 10.1. The second kappa shape index (κ2) is 7.31. The Hall–Kier alpha value is -1.17. The summed E-state index contributed by atoms with van der Waals surface area (Å²) in [6.45, 7) is 2.71. The normalized spacial score (nSPS) is 12.4. The Morgan fingerprint density at radius 1 is 1.61 bits per heavy atom. The fraction of sp³-hybridized carbons (Fsp3) is 0.417. The van der Waals surface area contributed by atoms with E-state index in [9.17, 15) is 9.18 Å². The molecule has 1 rings (SSSR count). The van der Waals surface area contributed by atoms with Gasteiger partial charge in [0.2, 0.25) is 5.91 Å². The number of primary amides is 1. The molecule has 0 aliphatic carbocycles. The van der Waals surface area contributed by atoms with Crippen molar-refractivity contribution in [2.75, 3.05) is 19.8 Å². The molecule has 0 heterocycles. The van der Waals surface area contributed by atoms with Gasteiger partial charge in [0.15, 0.2) is 0 Å². The zero-order chi connectivity index (χ0) is 13.5. The number of carbonyl (C=O) groups excluding carboxylic acids is 1. The molecule has 0 aromatic heterocycles. The van der Waals surface area contributed by atoms with E-state index >= 15 is 0 Å². The molecule has 18 heavy (non-hydrogen) atoms. The SMILES string of the molecule is CC(NCCOCC(N)=O)c1ccc(Cl)c(F)c1. The molecule has 4 nitrogen and oxygen atoms in total. The number of halogens is 2. The number of nitrogens with two attached hydrogens (primary N) is 1. The minimum atomic E-state index is -0.497. The smallest absolute Gasteiger partial charge is 0.243 e. The van der Waals surface area contributed by atoms with Crippen LogP contribution in [0.3, 0.4) is 0 Å². The molecule has 0 bridgehead atoms. The molecule has 0 saturated heterocycles. The van der Waals surface area contributed by atoms with E-state index in [4.69, 9.17) is 22.1 Å². The summed E-state index contributed by atoms with van der Waals surface area (Å²) in [6.07, 6.45) is 0. The van der Waals surface area contributed by atoms with Crippen molar-refractivity contribution >= 4 is 17.5 Å². The van der Waals surface area contributed by atoms with Crippen molar-refractivity contribution in [1.29, 1.82) is 0 Å². The first-order chi connectivity index (χ1) is 8.50. The average molecular weight is 275 g/mol. The standard InChI is InChI=1S/C12H16ClFN2O2/c1-8(16-4-5-18-7-12(15)17)9-2-3-10(13)11(14)6-9/h2-3,6,8,16H,4-5,7H2,1H3,(H2,15,17). The number of amides is 1. The van der Waals surface area contributed by atoms with Crippen LogP contribution in [0.1, 0.15) is 18.5 Å². The van der Waals surface area contributed by atoms with Crippen LogP contribution in [-0.2, 0) is 9.53 Å². The van der Waals surface area contributed by atoms with Crippen molar-refractivity contribution in [3.63, 3.8) is 0 Å². The van der Waals surface area contributed by atoms with Gasteiger partial charge in [-0.15, -0.1) is 0 Å². The Labute approximate surface area is 110 Å². The summed E-state index contributed by atoms with van der Waals surface area (Å²) in [5.41, 5.74) is 5.72. The van der Waals surface area contributed by atoms with E-state index in [2.05, 4.69) is 5.32 Å². The second-order valence-corrected chi connectivity index (χ2v) is 4.28. The topological polar surface area (TPSA) is 64.3 Å². The van der Waals surface area contributed by atoms with Gasteiger partial charge in [0.25, 0.3) is 0 Å². The molecule has 0 fully saturated rings. The van der Waals surface area contributed by atoms with E-state index in [0.717, 1.165) is 5.56 Å². The lowest BCUT2D eigenvalue weighted by molar-refractivity contribution is -0.122. The van der Waals surface area contributed by atoms with Crippen LogP contribution in [0.4, 0.5) is 4.39 Å². The Kier molecular flexibility index (Phi) is 6.04. The van der Waals surface area contributed by atoms with E-state index in [0.29, 0.717) is 13.2 Å². The van der Waals surface area contributed by atoms with Crippen LogP contribution in [0.5, 0.6) is 0 Å². The minimum Gasteiger partial charge on any atom is -0.370 e. The molecule has 0 aliphatic rings. The molecule has 0 radical (unpaired) electrons. The van der Waals surface area contributed by atoms with Crippen LogP contribution in [0, 0.1) is 5.82 Å². The van der Waals surface area contributed by atoms with Crippen LogP contribution in [0.15, 0.2) is 18.2 Å². The van der Waals surface area contributed by atoms with Gasteiger partial charge in [-0.05, 0) is 24.6 Å². The lowest BCUT2D eigenvalue weighted by atomic mass is 10.1. The van der Waals surface area contributed by atoms with Gasteiger partial charge < -0.3 is 15.8 Å².